The van der Waals surface area contributed by atoms with Crippen LogP contribution in [0, 0.1) is 11.8 Å². The molecule has 0 saturated heterocycles. The number of hydrogen-bond acceptors (Lipinski definition) is 2. The van der Waals surface area contributed by atoms with Gasteiger partial charge in [-0.1, -0.05) is 51.9 Å². The van der Waals surface area contributed by atoms with E-state index >= 15 is 0 Å². The zero-order chi connectivity index (χ0) is 14.4. The number of nitrogens with two attached hydrogens (primary N) is 1. The molecule has 20 heavy (non-hydrogen) atoms. The van der Waals surface area contributed by atoms with Crippen molar-refractivity contribution in [3.8, 4) is 0 Å². The maximum atomic E-state index is 6.08. The summed E-state index contributed by atoms with van der Waals surface area (Å²) in [5, 5.41) is 0. The summed E-state index contributed by atoms with van der Waals surface area (Å²) in [6, 6.07) is 1.59. The molecule has 0 aromatic rings. The van der Waals surface area contributed by atoms with Crippen LogP contribution in [0.25, 0.3) is 0 Å². The van der Waals surface area contributed by atoms with Gasteiger partial charge in [0.15, 0.2) is 0 Å². The maximum absolute atomic E-state index is 6.08. The highest BCUT2D eigenvalue weighted by Crippen LogP contribution is 2.36. The molecule has 0 spiro atoms. The van der Waals surface area contributed by atoms with Crippen molar-refractivity contribution in [2.24, 2.45) is 17.6 Å². The Labute approximate surface area is 126 Å². The van der Waals surface area contributed by atoms with Gasteiger partial charge in [0.05, 0.1) is 0 Å². The van der Waals surface area contributed by atoms with Gasteiger partial charge in [-0.25, -0.2) is 0 Å². The van der Waals surface area contributed by atoms with E-state index < -0.39 is 0 Å². The van der Waals surface area contributed by atoms with Crippen molar-refractivity contribution in [3.63, 3.8) is 0 Å². The van der Waals surface area contributed by atoms with Gasteiger partial charge < -0.3 is 10.6 Å². The van der Waals surface area contributed by atoms with Gasteiger partial charge in [0.1, 0.15) is 0 Å². The molecule has 3 unspecified atom stereocenters. The van der Waals surface area contributed by atoms with Crippen molar-refractivity contribution < 1.29 is 0 Å². The lowest BCUT2D eigenvalue weighted by atomic mass is 9.75. The Balaban J connectivity index is 1.97. The molecule has 0 radical (unpaired) electrons. The van der Waals surface area contributed by atoms with Crippen LogP contribution in [0.5, 0.6) is 0 Å². The molecule has 0 heterocycles. The summed E-state index contributed by atoms with van der Waals surface area (Å²) in [6.45, 7) is 3.22. The SMILES string of the molecule is CCCC1CCC(CN)C(N(C)C2CCCCCC2)C1. The van der Waals surface area contributed by atoms with Crippen molar-refractivity contribution in [3.05, 3.63) is 0 Å². The Morgan fingerprint density at radius 1 is 1.00 bits per heavy atom. The minimum Gasteiger partial charge on any atom is -0.330 e. The zero-order valence-electron chi connectivity index (χ0n) is 13.8. The van der Waals surface area contributed by atoms with E-state index in [1.54, 1.807) is 0 Å². The average Bonchev–Trinajstić information content (AvgIpc) is 2.76. The molecule has 0 aliphatic heterocycles. The average molecular weight is 281 g/mol. The van der Waals surface area contributed by atoms with Crippen molar-refractivity contribution in [2.75, 3.05) is 13.6 Å². The minimum absolute atomic E-state index is 0.747. The summed E-state index contributed by atoms with van der Waals surface area (Å²) in [5.74, 6) is 1.71. The van der Waals surface area contributed by atoms with Gasteiger partial charge in [-0.15, -0.1) is 0 Å². The third kappa shape index (κ3) is 4.21. The van der Waals surface area contributed by atoms with E-state index in [1.807, 2.05) is 0 Å². The summed E-state index contributed by atoms with van der Waals surface area (Å²) in [7, 11) is 2.40. The highest BCUT2D eigenvalue weighted by molar-refractivity contribution is 4.89. The molecule has 2 rings (SSSR count). The second kappa shape index (κ2) is 8.38. The summed E-state index contributed by atoms with van der Waals surface area (Å²) < 4.78 is 0. The van der Waals surface area contributed by atoms with Gasteiger partial charge in [0.25, 0.3) is 0 Å². The second-order valence-electron chi connectivity index (χ2n) is 7.34. The molecule has 3 atom stereocenters. The maximum Gasteiger partial charge on any atom is 0.0138 e. The Kier molecular flexibility index (Phi) is 6.83. The van der Waals surface area contributed by atoms with E-state index in [4.69, 9.17) is 5.73 Å². The first-order chi connectivity index (χ1) is 9.76. The van der Waals surface area contributed by atoms with Crippen molar-refractivity contribution in [1.82, 2.24) is 4.90 Å². The van der Waals surface area contributed by atoms with Crippen LogP contribution in [0.4, 0.5) is 0 Å². The first kappa shape index (κ1) is 16.3. The van der Waals surface area contributed by atoms with Crippen LogP contribution in [-0.4, -0.2) is 30.6 Å². The van der Waals surface area contributed by atoms with Gasteiger partial charge in [-0.2, -0.15) is 0 Å². The first-order valence-electron chi connectivity index (χ1n) is 9.18. The van der Waals surface area contributed by atoms with Gasteiger partial charge >= 0.3 is 0 Å². The molecule has 2 heteroatoms. The fourth-order valence-corrected chi connectivity index (χ4v) is 4.67. The van der Waals surface area contributed by atoms with E-state index in [0.717, 1.165) is 30.5 Å². The molecule has 2 N–H and O–H groups in total. The predicted molar refractivity (Wildman–Crippen MR) is 87.8 cm³/mol. The van der Waals surface area contributed by atoms with Gasteiger partial charge in [0, 0.05) is 12.1 Å². The summed E-state index contributed by atoms with van der Waals surface area (Å²) >= 11 is 0. The standard InChI is InChI=1S/C18H36N2/c1-3-8-15-11-12-16(14-19)18(13-15)20(2)17-9-6-4-5-7-10-17/h15-18H,3-14,19H2,1-2H3. The highest BCUT2D eigenvalue weighted by Gasteiger charge is 2.34. The van der Waals surface area contributed by atoms with E-state index in [-0.39, 0.29) is 0 Å². The van der Waals surface area contributed by atoms with E-state index in [2.05, 4.69) is 18.9 Å². The molecule has 2 nitrogen and oxygen atoms in total. The molecular formula is C18H36N2. The minimum atomic E-state index is 0.747. The Bertz CT molecular complexity index is 258. The first-order valence-corrected chi connectivity index (χ1v) is 9.18. The lowest BCUT2D eigenvalue weighted by molar-refractivity contribution is 0.0611. The monoisotopic (exact) mass is 280 g/mol. The predicted octanol–water partition coefficient (Wildman–Crippen LogP) is 4.18. The summed E-state index contributed by atoms with van der Waals surface area (Å²) in [5.41, 5.74) is 6.08. The van der Waals surface area contributed by atoms with Crippen LogP contribution in [0.3, 0.4) is 0 Å². The Morgan fingerprint density at radius 3 is 2.30 bits per heavy atom. The zero-order valence-corrected chi connectivity index (χ0v) is 13.8. The molecule has 0 aromatic carbocycles. The van der Waals surface area contributed by atoms with Gasteiger partial charge in [0.2, 0.25) is 0 Å². The summed E-state index contributed by atoms with van der Waals surface area (Å²) in [4.78, 5) is 2.75. The van der Waals surface area contributed by atoms with Crippen LogP contribution in [0.2, 0.25) is 0 Å². The smallest absolute Gasteiger partial charge is 0.0138 e. The van der Waals surface area contributed by atoms with E-state index in [1.165, 1.54) is 70.6 Å². The molecule has 0 amide bonds. The van der Waals surface area contributed by atoms with Gasteiger partial charge in [-0.05, 0) is 51.1 Å². The number of rotatable bonds is 5. The molecular weight excluding hydrogens is 244 g/mol. The fraction of sp³-hybridized carbons (Fsp3) is 1.00. The second-order valence-corrected chi connectivity index (χ2v) is 7.34. The van der Waals surface area contributed by atoms with Crippen LogP contribution < -0.4 is 5.73 Å². The lowest BCUT2D eigenvalue weighted by Crippen LogP contribution is -2.49. The van der Waals surface area contributed by atoms with Crippen LogP contribution >= 0.6 is 0 Å². The molecule has 2 aliphatic rings. The normalized spacial score (nSPS) is 33.3. The van der Waals surface area contributed by atoms with Crippen LogP contribution in [0.15, 0.2) is 0 Å². The quantitative estimate of drug-likeness (QED) is 0.765. The Morgan fingerprint density at radius 2 is 1.70 bits per heavy atom. The van der Waals surface area contributed by atoms with Crippen LogP contribution in [-0.2, 0) is 0 Å². The molecule has 118 valence electrons. The largest absolute Gasteiger partial charge is 0.330 e. The number of hydrogen-bond donors (Lipinski definition) is 1. The van der Waals surface area contributed by atoms with Gasteiger partial charge in [-0.3, -0.25) is 0 Å². The third-order valence-electron chi connectivity index (χ3n) is 5.99. The topological polar surface area (TPSA) is 29.3 Å². The third-order valence-corrected chi connectivity index (χ3v) is 5.99. The van der Waals surface area contributed by atoms with Crippen molar-refractivity contribution in [1.29, 1.82) is 0 Å². The van der Waals surface area contributed by atoms with E-state index in [0.29, 0.717) is 0 Å². The van der Waals surface area contributed by atoms with Crippen molar-refractivity contribution >= 4 is 0 Å². The summed E-state index contributed by atoms with van der Waals surface area (Å²) in [6.07, 6.45) is 15.6. The molecule has 2 fully saturated rings. The highest BCUT2D eigenvalue weighted by atomic mass is 15.2. The molecule has 0 aromatic heterocycles. The van der Waals surface area contributed by atoms with E-state index in [9.17, 15) is 0 Å². The molecule has 2 saturated carbocycles. The fourth-order valence-electron chi connectivity index (χ4n) is 4.67. The molecule has 0 bridgehead atoms. The van der Waals surface area contributed by atoms with Crippen LogP contribution in [0.1, 0.15) is 77.6 Å². The Hall–Kier alpha value is -0.0800. The number of nitrogens with zero attached hydrogens (tertiary/aromatic N) is 1. The molecule has 2 aliphatic carbocycles. The van der Waals surface area contributed by atoms with Crippen molar-refractivity contribution in [2.45, 2.75) is 89.6 Å². The lowest BCUT2D eigenvalue weighted by Gasteiger charge is -2.44.